The molecule has 0 aliphatic carbocycles. The predicted octanol–water partition coefficient (Wildman–Crippen LogP) is 4.47. The van der Waals surface area contributed by atoms with Crippen molar-refractivity contribution in [3.63, 3.8) is 0 Å². The van der Waals surface area contributed by atoms with Crippen LogP contribution in [0.5, 0.6) is 0 Å². The van der Waals surface area contributed by atoms with E-state index in [1.165, 1.54) is 47.0 Å². The molecular weight excluding hydrogens is 362 g/mol. The van der Waals surface area contributed by atoms with E-state index < -0.39 is 0 Å². The maximum absolute atomic E-state index is 13.2. The van der Waals surface area contributed by atoms with E-state index in [0.717, 1.165) is 0 Å². The normalized spacial score (nSPS) is 11.2. The van der Waals surface area contributed by atoms with Crippen LogP contribution in [0.1, 0.15) is 5.56 Å². The second-order valence-corrected chi connectivity index (χ2v) is 5.97. The minimum Gasteiger partial charge on any atom is -0.339 e. The molecule has 0 saturated heterocycles. The lowest BCUT2D eigenvalue weighted by Gasteiger charge is -2.10. The summed E-state index contributed by atoms with van der Waals surface area (Å²) in [6.07, 6.45) is 3.00. The third kappa shape index (κ3) is 3.64. The van der Waals surface area contributed by atoms with Crippen molar-refractivity contribution in [1.29, 1.82) is 0 Å². The summed E-state index contributed by atoms with van der Waals surface area (Å²) in [7, 11) is 0. The van der Waals surface area contributed by atoms with Gasteiger partial charge < -0.3 is 5.32 Å². The van der Waals surface area contributed by atoms with Gasteiger partial charge in [-0.1, -0.05) is 6.07 Å². The maximum Gasteiger partial charge on any atom is 0.268 e. The van der Waals surface area contributed by atoms with Crippen molar-refractivity contribution in [2.75, 3.05) is 5.32 Å². The Morgan fingerprint density at radius 2 is 1.61 bits per heavy atom. The van der Waals surface area contributed by atoms with Crippen molar-refractivity contribution >= 4 is 29.1 Å². The molecule has 0 spiro atoms. The standard InChI is InChI=1S/C21H14F2N4O/c22-14-4-8-16(9-5-14)24-13-18-20(25-17-10-6-15(23)7-11-17)26-19-3-1-2-12-27(19)21(18)28/h1-13,25H. The van der Waals surface area contributed by atoms with Crippen LogP contribution >= 0.6 is 0 Å². The van der Waals surface area contributed by atoms with Crippen LogP contribution in [0.4, 0.5) is 26.0 Å². The lowest BCUT2D eigenvalue weighted by atomic mass is 10.2. The summed E-state index contributed by atoms with van der Waals surface area (Å²) in [5, 5.41) is 3.04. The number of fused-ring (bicyclic) bond motifs is 1. The summed E-state index contributed by atoms with van der Waals surface area (Å²) in [6.45, 7) is 0. The zero-order chi connectivity index (χ0) is 19.5. The highest BCUT2D eigenvalue weighted by atomic mass is 19.1. The van der Waals surface area contributed by atoms with Crippen LogP contribution in [-0.2, 0) is 0 Å². The molecule has 7 heteroatoms. The van der Waals surface area contributed by atoms with Gasteiger partial charge in [-0.05, 0) is 60.7 Å². The fourth-order valence-electron chi connectivity index (χ4n) is 2.65. The molecule has 5 nitrogen and oxygen atoms in total. The fourth-order valence-corrected chi connectivity index (χ4v) is 2.65. The lowest BCUT2D eigenvalue weighted by molar-refractivity contribution is 0.627. The van der Waals surface area contributed by atoms with E-state index >= 15 is 0 Å². The van der Waals surface area contributed by atoms with Crippen molar-refractivity contribution in [2.24, 2.45) is 4.99 Å². The number of rotatable bonds is 4. The van der Waals surface area contributed by atoms with E-state index in [9.17, 15) is 13.6 Å². The summed E-state index contributed by atoms with van der Waals surface area (Å²) in [4.78, 5) is 21.7. The number of benzene rings is 2. The van der Waals surface area contributed by atoms with Crippen molar-refractivity contribution in [3.8, 4) is 0 Å². The van der Waals surface area contributed by atoms with Gasteiger partial charge in [-0.3, -0.25) is 14.2 Å². The minimum atomic E-state index is -0.370. The molecule has 2 aromatic heterocycles. The lowest BCUT2D eigenvalue weighted by Crippen LogP contribution is -2.21. The molecule has 4 aromatic rings. The Bertz CT molecular complexity index is 1220. The topological polar surface area (TPSA) is 58.8 Å². The summed E-state index contributed by atoms with van der Waals surface area (Å²) in [6, 6.07) is 16.5. The second-order valence-electron chi connectivity index (χ2n) is 5.97. The van der Waals surface area contributed by atoms with Gasteiger partial charge in [-0.25, -0.2) is 13.8 Å². The molecule has 0 aliphatic rings. The molecule has 2 heterocycles. The Morgan fingerprint density at radius 1 is 0.929 bits per heavy atom. The number of hydrogen-bond donors (Lipinski definition) is 1. The van der Waals surface area contributed by atoms with Crippen LogP contribution < -0.4 is 10.9 Å². The van der Waals surface area contributed by atoms with E-state index in [1.54, 1.807) is 36.5 Å². The average Bonchev–Trinajstić information content (AvgIpc) is 2.71. The Labute approximate surface area is 158 Å². The number of anilines is 2. The first-order valence-corrected chi connectivity index (χ1v) is 8.44. The highest BCUT2D eigenvalue weighted by Crippen LogP contribution is 2.18. The van der Waals surface area contributed by atoms with Gasteiger partial charge >= 0.3 is 0 Å². The van der Waals surface area contributed by atoms with E-state index in [2.05, 4.69) is 15.3 Å². The minimum absolute atomic E-state index is 0.220. The molecule has 1 N–H and O–H groups in total. The molecule has 2 aromatic carbocycles. The first kappa shape index (κ1) is 17.5. The Hall–Kier alpha value is -3.87. The molecule has 0 fully saturated rings. The second kappa shape index (κ2) is 7.40. The van der Waals surface area contributed by atoms with Gasteiger partial charge in [0.25, 0.3) is 5.56 Å². The number of aliphatic imine (C=N–C) groups is 1. The fraction of sp³-hybridized carbons (Fsp3) is 0. The molecule has 138 valence electrons. The zero-order valence-electron chi connectivity index (χ0n) is 14.5. The quantitative estimate of drug-likeness (QED) is 0.535. The van der Waals surface area contributed by atoms with Crippen LogP contribution in [0.15, 0.2) is 82.7 Å². The van der Waals surface area contributed by atoms with Crippen molar-refractivity contribution in [2.45, 2.75) is 0 Å². The third-order valence-corrected chi connectivity index (χ3v) is 4.05. The molecule has 0 atom stereocenters. The average molecular weight is 376 g/mol. The number of aromatic nitrogens is 2. The van der Waals surface area contributed by atoms with Crippen LogP contribution in [0, 0.1) is 11.6 Å². The van der Waals surface area contributed by atoms with Crippen molar-refractivity contribution < 1.29 is 8.78 Å². The largest absolute Gasteiger partial charge is 0.339 e. The van der Waals surface area contributed by atoms with E-state index in [-0.39, 0.29) is 28.6 Å². The SMILES string of the molecule is O=c1c(C=Nc2ccc(F)cc2)c(Nc2ccc(F)cc2)nc2ccccn12. The molecular formula is C21H14F2N4O. The smallest absolute Gasteiger partial charge is 0.268 e. The first-order valence-electron chi connectivity index (χ1n) is 8.44. The van der Waals surface area contributed by atoms with E-state index in [0.29, 0.717) is 17.0 Å². The number of pyridine rings is 1. The van der Waals surface area contributed by atoms with Gasteiger partial charge in [-0.2, -0.15) is 0 Å². The monoisotopic (exact) mass is 376 g/mol. The summed E-state index contributed by atoms with van der Waals surface area (Å²) in [5.74, 6) is -0.450. The summed E-state index contributed by atoms with van der Waals surface area (Å²) < 4.78 is 27.6. The molecule has 0 radical (unpaired) electrons. The third-order valence-electron chi connectivity index (χ3n) is 4.05. The molecule has 0 saturated carbocycles. The van der Waals surface area contributed by atoms with Gasteiger partial charge in [-0.15, -0.1) is 0 Å². The first-order chi connectivity index (χ1) is 13.6. The van der Waals surface area contributed by atoms with Crippen LogP contribution in [0.3, 0.4) is 0 Å². The molecule has 0 bridgehead atoms. The Morgan fingerprint density at radius 3 is 2.32 bits per heavy atom. The summed E-state index contributed by atoms with van der Waals surface area (Å²) in [5.41, 5.74) is 1.42. The zero-order valence-corrected chi connectivity index (χ0v) is 14.5. The van der Waals surface area contributed by atoms with Gasteiger partial charge in [0.05, 0.1) is 5.69 Å². The van der Waals surface area contributed by atoms with Crippen LogP contribution in [-0.4, -0.2) is 15.6 Å². The number of halogens is 2. The van der Waals surface area contributed by atoms with Gasteiger partial charge in [0, 0.05) is 18.1 Å². The number of hydrogen-bond acceptors (Lipinski definition) is 4. The number of nitrogens with one attached hydrogen (secondary N) is 1. The van der Waals surface area contributed by atoms with Crippen LogP contribution in [0.2, 0.25) is 0 Å². The molecule has 0 amide bonds. The molecule has 4 rings (SSSR count). The highest BCUT2D eigenvalue weighted by molar-refractivity contribution is 5.89. The molecule has 0 aliphatic heterocycles. The maximum atomic E-state index is 13.2. The van der Waals surface area contributed by atoms with Gasteiger partial charge in [0.2, 0.25) is 0 Å². The van der Waals surface area contributed by atoms with Crippen molar-refractivity contribution in [3.05, 3.63) is 100 Å². The highest BCUT2D eigenvalue weighted by Gasteiger charge is 2.11. The van der Waals surface area contributed by atoms with Gasteiger partial charge in [0.1, 0.15) is 28.7 Å². The molecule has 28 heavy (non-hydrogen) atoms. The predicted molar refractivity (Wildman–Crippen MR) is 105 cm³/mol. The Balaban J connectivity index is 1.81. The number of nitrogens with zero attached hydrogens (tertiary/aromatic N) is 3. The summed E-state index contributed by atoms with van der Waals surface area (Å²) >= 11 is 0. The Kier molecular flexibility index (Phi) is 4.63. The van der Waals surface area contributed by atoms with E-state index in [4.69, 9.17) is 0 Å². The van der Waals surface area contributed by atoms with Gasteiger partial charge in [0.15, 0.2) is 0 Å². The molecule has 0 unspecified atom stereocenters. The van der Waals surface area contributed by atoms with E-state index in [1.807, 2.05) is 0 Å². The van der Waals surface area contributed by atoms with Crippen molar-refractivity contribution in [1.82, 2.24) is 9.38 Å². The van der Waals surface area contributed by atoms with Crippen LogP contribution in [0.25, 0.3) is 5.65 Å².